The molecule has 1 aliphatic carbocycles. The van der Waals surface area contributed by atoms with Gasteiger partial charge in [-0.1, -0.05) is 42.2 Å². The maximum Gasteiger partial charge on any atom is 0.180 e. The molecule has 0 fully saturated rings. The number of benzene rings is 1. The van der Waals surface area contributed by atoms with E-state index in [9.17, 15) is 5.26 Å². The Morgan fingerprint density at radius 1 is 1.40 bits per heavy atom. The standard InChI is InChI=1S/C27H29N5O2S/c1-5-19(12-20(13-28)18(4)34-17(2)3)26-31-32-27(35-26)24-10-6-9-23-22(24)8-7-11-25(23)30-15-21-14-29-16-33-21/h5-6,9-10,12,14,16-17,25,30H,4,7-8,11,15H2,1-3H3/b19-5+,20-12-/t25-/m0/s1. The highest BCUT2D eigenvalue weighted by atomic mass is 32.1. The van der Waals surface area contributed by atoms with Crippen LogP contribution in [0.2, 0.25) is 0 Å². The molecule has 1 aromatic carbocycles. The Hall–Kier alpha value is -3.54. The fraction of sp³-hybridized carbons (Fsp3) is 0.333. The van der Waals surface area contributed by atoms with Crippen molar-refractivity contribution in [2.75, 3.05) is 0 Å². The average molecular weight is 488 g/mol. The highest BCUT2D eigenvalue weighted by molar-refractivity contribution is 7.15. The van der Waals surface area contributed by atoms with E-state index >= 15 is 0 Å². The van der Waals surface area contributed by atoms with Crippen LogP contribution >= 0.6 is 11.3 Å². The minimum atomic E-state index is -0.0558. The third-order valence-corrected chi connectivity index (χ3v) is 6.83. The molecule has 35 heavy (non-hydrogen) atoms. The van der Waals surface area contributed by atoms with Crippen molar-refractivity contribution in [1.29, 1.82) is 5.26 Å². The summed E-state index contributed by atoms with van der Waals surface area (Å²) in [5, 5.41) is 23.8. The highest BCUT2D eigenvalue weighted by Crippen LogP contribution is 2.38. The lowest BCUT2D eigenvalue weighted by molar-refractivity contribution is 0.157. The van der Waals surface area contributed by atoms with Crippen LogP contribution in [0.4, 0.5) is 0 Å². The van der Waals surface area contributed by atoms with E-state index < -0.39 is 0 Å². The van der Waals surface area contributed by atoms with Crippen molar-refractivity contribution in [3.63, 3.8) is 0 Å². The summed E-state index contributed by atoms with van der Waals surface area (Å²) in [7, 11) is 0. The number of hydrogen-bond donors (Lipinski definition) is 1. The Morgan fingerprint density at radius 2 is 2.26 bits per heavy atom. The third kappa shape index (κ3) is 5.76. The van der Waals surface area contributed by atoms with E-state index in [4.69, 9.17) is 9.15 Å². The molecule has 3 aromatic rings. The van der Waals surface area contributed by atoms with Gasteiger partial charge in [0.25, 0.3) is 0 Å². The van der Waals surface area contributed by atoms with Crippen LogP contribution < -0.4 is 5.32 Å². The van der Waals surface area contributed by atoms with Crippen molar-refractivity contribution in [2.45, 2.75) is 58.7 Å². The van der Waals surface area contributed by atoms with E-state index in [1.165, 1.54) is 28.9 Å². The van der Waals surface area contributed by atoms with Crippen molar-refractivity contribution in [3.05, 3.63) is 82.7 Å². The van der Waals surface area contributed by atoms with Gasteiger partial charge in [-0.25, -0.2) is 4.98 Å². The molecule has 0 radical (unpaired) electrons. The number of nitrogens with one attached hydrogen (secondary N) is 1. The molecule has 4 rings (SSSR count). The number of ether oxygens (including phenoxy) is 1. The molecule has 7 nitrogen and oxygen atoms in total. The van der Waals surface area contributed by atoms with Crippen molar-refractivity contribution in [1.82, 2.24) is 20.5 Å². The van der Waals surface area contributed by atoms with Crippen LogP contribution in [0.25, 0.3) is 16.1 Å². The molecule has 2 aromatic heterocycles. The van der Waals surface area contributed by atoms with Crippen LogP contribution in [0.3, 0.4) is 0 Å². The van der Waals surface area contributed by atoms with Crippen LogP contribution in [0.5, 0.6) is 0 Å². The highest BCUT2D eigenvalue weighted by Gasteiger charge is 2.24. The van der Waals surface area contributed by atoms with E-state index in [0.717, 1.165) is 46.2 Å². The van der Waals surface area contributed by atoms with Gasteiger partial charge in [0.2, 0.25) is 0 Å². The largest absolute Gasteiger partial charge is 0.490 e. The zero-order chi connectivity index (χ0) is 24.8. The normalized spacial score (nSPS) is 16.1. The van der Waals surface area contributed by atoms with Gasteiger partial charge >= 0.3 is 0 Å². The molecular weight excluding hydrogens is 458 g/mol. The number of fused-ring (bicyclic) bond motifs is 1. The second-order valence-electron chi connectivity index (χ2n) is 8.58. The summed E-state index contributed by atoms with van der Waals surface area (Å²) < 4.78 is 11.0. The van der Waals surface area contributed by atoms with Crippen molar-refractivity contribution < 1.29 is 9.15 Å². The van der Waals surface area contributed by atoms with Gasteiger partial charge in [-0.05, 0) is 57.2 Å². The number of oxazole rings is 1. The van der Waals surface area contributed by atoms with Gasteiger partial charge in [0.1, 0.15) is 27.6 Å². The smallest absolute Gasteiger partial charge is 0.180 e. The maximum atomic E-state index is 9.61. The summed E-state index contributed by atoms with van der Waals surface area (Å²) in [6.07, 6.45) is 9.99. The topological polar surface area (TPSA) is 96.9 Å². The molecule has 180 valence electrons. The molecule has 0 unspecified atom stereocenters. The molecule has 0 saturated carbocycles. The summed E-state index contributed by atoms with van der Waals surface area (Å²) in [4.78, 5) is 3.99. The summed E-state index contributed by atoms with van der Waals surface area (Å²) in [6.45, 7) is 10.3. The first-order chi connectivity index (χ1) is 17.0. The van der Waals surface area contributed by atoms with Crippen molar-refractivity contribution >= 4 is 16.9 Å². The van der Waals surface area contributed by atoms with E-state index in [2.05, 4.69) is 51.3 Å². The quantitative estimate of drug-likeness (QED) is 0.219. The predicted molar refractivity (Wildman–Crippen MR) is 137 cm³/mol. The number of nitrogens with zero attached hydrogens (tertiary/aromatic N) is 4. The minimum absolute atomic E-state index is 0.0558. The monoisotopic (exact) mass is 487 g/mol. The second kappa shape index (κ2) is 11.3. The molecule has 1 atom stereocenters. The number of aromatic nitrogens is 3. The first kappa shape index (κ1) is 24.6. The van der Waals surface area contributed by atoms with Gasteiger partial charge in [0.15, 0.2) is 6.39 Å². The van der Waals surface area contributed by atoms with Crippen LogP contribution in [-0.4, -0.2) is 21.3 Å². The fourth-order valence-electron chi connectivity index (χ4n) is 4.21. The van der Waals surface area contributed by atoms with Gasteiger partial charge in [0, 0.05) is 17.2 Å². The summed E-state index contributed by atoms with van der Waals surface area (Å²) in [5.41, 5.74) is 4.91. The Labute approximate surface area is 209 Å². The maximum absolute atomic E-state index is 9.61. The van der Waals surface area contributed by atoms with Crippen LogP contribution in [0.1, 0.15) is 61.5 Å². The predicted octanol–water partition coefficient (Wildman–Crippen LogP) is 6.15. The molecule has 1 aliphatic rings. The van der Waals surface area contributed by atoms with Crippen molar-refractivity contribution in [3.8, 4) is 16.6 Å². The van der Waals surface area contributed by atoms with E-state index in [-0.39, 0.29) is 12.1 Å². The Bertz CT molecular complexity index is 1280. The van der Waals surface area contributed by atoms with E-state index in [0.29, 0.717) is 17.9 Å². The minimum Gasteiger partial charge on any atom is -0.490 e. The molecule has 8 heteroatoms. The fourth-order valence-corrected chi connectivity index (χ4v) is 5.15. The molecule has 0 bridgehead atoms. The summed E-state index contributed by atoms with van der Waals surface area (Å²) >= 11 is 1.52. The first-order valence-corrected chi connectivity index (χ1v) is 12.5. The molecule has 2 heterocycles. The van der Waals surface area contributed by atoms with Gasteiger partial charge < -0.3 is 14.5 Å². The Balaban J connectivity index is 1.59. The summed E-state index contributed by atoms with van der Waals surface area (Å²) in [6, 6.07) is 8.82. The summed E-state index contributed by atoms with van der Waals surface area (Å²) in [5.74, 6) is 1.18. The molecule has 0 saturated heterocycles. The van der Waals surface area contributed by atoms with Crippen LogP contribution in [-0.2, 0) is 17.7 Å². The third-order valence-electron chi connectivity index (χ3n) is 5.83. The van der Waals surface area contributed by atoms with Crippen LogP contribution in [0.15, 0.2) is 65.3 Å². The molecule has 1 N–H and O–H groups in total. The van der Waals surface area contributed by atoms with Crippen LogP contribution in [0, 0.1) is 11.3 Å². The number of rotatable bonds is 9. The van der Waals surface area contributed by atoms with E-state index in [1.54, 1.807) is 12.3 Å². The first-order valence-electron chi connectivity index (χ1n) is 11.7. The zero-order valence-corrected chi connectivity index (χ0v) is 21.1. The molecule has 0 aliphatic heterocycles. The van der Waals surface area contributed by atoms with Gasteiger partial charge in [0.05, 0.1) is 24.4 Å². The number of nitriles is 1. The Morgan fingerprint density at radius 3 is 2.97 bits per heavy atom. The van der Waals surface area contributed by atoms with Gasteiger partial charge in [-0.2, -0.15) is 5.26 Å². The van der Waals surface area contributed by atoms with Gasteiger partial charge in [-0.15, -0.1) is 10.2 Å². The number of allylic oxidation sites excluding steroid dienone is 4. The molecular formula is C27H29N5O2S. The van der Waals surface area contributed by atoms with Crippen molar-refractivity contribution in [2.24, 2.45) is 0 Å². The Kier molecular flexibility index (Phi) is 7.91. The SMILES string of the molecule is C=C(OC(C)C)/C(C#N)=C\C(=C/C)c1nnc(-c2cccc3c2CCC[C@@H]3NCc2cnco2)s1. The average Bonchev–Trinajstić information content (AvgIpc) is 3.55. The zero-order valence-electron chi connectivity index (χ0n) is 20.2. The molecule has 0 spiro atoms. The van der Waals surface area contributed by atoms with Gasteiger partial charge in [-0.3, -0.25) is 0 Å². The lowest BCUT2D eigenvalue weighted by Crippen LogP contribution is -2.25. The van der Waals surface area contributed by atoms with E-state index in [1.807, 2.05) is 26.8 Å². The second-order valence-corrected chi connectivity index (χ2v) is 9.56. The lowest BCUT2D eigenvalue weighted by atomic mass is 9.85. The molecule has 0 amide bonds. The number of hydrogen-bond acceptors (Lipinski definition) is 8. The lowest BCUT2D eigenvalue weighted by Gasteiger charge is -2.27.